The Kier molecular flexibility index (Phi) is 7.82. The average Bonchev–Trinajstić information content (AvgIpc) is 2.61. The molecule has 5 heteroatoms. The Bertz CT molecular complexity index is 684. The van der Waals surface area contributed by atoms with E-state index in [2.05, 4.69) is 10.6 Å². The summed E-state index contributed by atoms with van der Waals surface area (Å²) in [5, 5.41) is 16.6. The number of carbonyl (C=O) groups excluding carboxylic acids is 1. The number of hydrogen-bond acceptors (Lipinski definition) is 4. The summed E-state index contributed by atoms with van der Waals surface area (Å²) < 4.78 is 5.55. The molecule has 0 saturated heterocycles. The number of alkyl carbamates (subject to hydrolysis) is 1. The van der Waals surface area contributed by atoms with Gasteiger partial charge >= 0.3 is 6.09 Å². The summed E-state index contributed by atoms with van der Waals surface area (Å²) in [6, 6.07) is 19.7. The Hall–Kier alpha value is -2.37. The third-order valence-corrected chi connectivity index (χ3v) is 3.97. The number of benzene rings is 2. The number of aliphatic hydroxyl groups excluding tert-OH is 1. The van der Waals surface area contributed by atoms with Gasteiger partial charge in [-0.1, -0.05) is 60.7 Å². The van der Waals surface area contributed by atoms with Crippen molar-refractivity contribution in [3.05, 3.63) is 71.8 Å². The maximum absolute atomic E-state index is 12.2. The molecular formula is C22H30N2O3. The van der Waals surface area contributed by atoms with Gasteiger partial charge in [-0.2, -0.15) is 0 Å². The van der Waals surface area contributed by atoms with Gasteiger partial charge in [0.25, 0.3) is 0 Å². The largest absolute Gasteiger partial charge is 0.443 e. The Morgan fingerprint density at radius 1 is 1.00 bits per heavy atom. The van der Waals surface area contributed by atoms with E-state index in [4.69, 9.17) is 4.74 Å². The topological polar surface area (TPSA) is 70.6 Å². The lowest BCUT2D eigenvalue weighted by molar-refractivity contribution is 0.00143. The average molecular weight is 370 g/mol. The highest BCUT2D eigenvalue weighted by atomic mass is 16.6. The second kappa shape index (κ2) is 10.1. The van der Waals surface area contributed by atoms with Crippen molar-refractivity contribution in [3.63, 3.8) is 0 Å². The zero-order valence-corrected chi connectivity index (χ0v) is 16.3. The number of aliphatic hydroxyl groups is 1. The second-order valence-corrected chi connectivity index (χ2v) is 7.69. The standard InChI is InChI=1S/C22H30N2O3/c1-22(2,3)24-21(26)27-20(14-17-10-6-4-7-11-17)19(25)16-23-15-18-12-8-5-9-13-18/h4-13,19-20,23,25H,14-16H2,1-3H3,(H,24,26)/t19-,20+/m1/s1. The summed E-state index contributed by atoms with van der Waals surface area (Å²) in [4.78, 5) is 12.2. The van der Waals surface area contributed by atoms with Gasteiger partial charge in [0, 0.05) is 25.0 Å². The maximum Gasteiger partial charge on any atom is 0.407 e. The molecule has 0 aliphatic rings. The van der Waals surface area contributed by atoms with Crippen LogP contribution in [0.3, 0.4) is 0 Å². The van der Waals surface area contributed by atoms with Gasteiger partial charge in [-0.25, -0.2) is 4.79 Å². The van der Waals surface area contributed by atoms with Crippen LogP contribution < -0.4 is 10.6 Å². The van der Waals surface area contributed by atoms with Crippen LogP contribution in [0.5, 0.6) is 0 Å². The minimum atomic E-state index is -0.820. The van der Waals surface area contributed by atoms with E-state index >= 15 is 0 Å². The maximum atomic E-state index is 12.2. The summed E-state index contributed by atoms with van der Waals surface area (Å²) in [6.45, 7) is 6.63. The van der Waals surface area contributed by atoms with Crippen molar-refractivity contribution < 1.29 is 14.6 Å². The van der Waals surface area contributed by atoms with Gasteiger partial charge in [0.05, 0.1) is 0 Å². The molecule has 0 unspecified atom stereocenters. The molecule has 3 N–H and O–H groups in total. The van der Waals surface area contributed by atoms with E-state index in [1.54, 1.807) is 0 Å². The quantitative estimate of drug-likeness (QED) is 0.667. The molecule has 0 spiro atoms. The first-order valence-electron chi connectivity index (χ1n) is 9.29. The molecular weight excluding hydrogens is 340 g/mol. The van der Waals surface area contributed by atoms with Crippen molar-refractivity contribution in [2.75, 3.05) is 6.54 Å². The molecule has 2 rings (SSSR count). The molecule has 1 amide bonds. The lowest BCUT2D eigenvalue weighted by Gasteiger charge is -2.27. The molecule has 2 atom stereocenters. The molecule has 2 aromatic carbocycles. The van der Waals surface area contributed by atoms with Gasteiger partial charge in [0.1, 0.15) is 12.2 Å². The van der Waals surface area contributed by atoms with Gasteiger partial charge < -0.3 is 20.5 Å². The highest BCUT2D eigenvalue weighted by Gasteiger charge is 2.25. The highest BCUT2D eigenvalue weighted by Crippen LogP contribution is 2.11. The summed E-state index contributed by atoms with van der Waals surface area (Å²) in [7, 11) is 0. The van der Waals surface area contributed by atoms with E-state index in [-0.39, 0.29) is 0 Å². The Morgan fingerprint density at radius 3 is 2.11 bits per heavy atom. The lowest BCUT2D eigenvalue weighted by atomic mass is 10.0. The summed E-state index contributed by atoms with van der Waals surface area (Å²) in [5.74, 6) is 0. The molecule has 0 aliphatic heterocycles. The number of ether oxygens (including phenoxy) is 1. The summed E-state index contributed by atoms with van der Waals surface area (Å²) >= 11 is 0. The molecule has 0 aliphatic carbocycles. The predicted octanol–water partition coefficient (Wildman–Crippen LogP) is 3.27. The number of carbonyl (C=O) groups is 1. The van der Waals surface area contributed by atoms with Crippen molar-refractivity contribution in [2.24, 2.45) is 0 Å². The van der Waals surface area contributed by atoms with Gasteiger partial charge in [-0.15, -0.1) is 0 Å². The molecule has 0 fully saturated rings. The first kappa shape index (κ1) is 20.9. The van der Waals surface area contributed by atoms with Crippen molar-refractivity contribution in [2.45, 2.75) is 51.5 Å². The SMILES string of the molecule is CC(C)(C)NC(=O)O[C@@H](Cc1ccccc1)[C@H](O)CNCc1ccccc1. The monoisotopic (exact) mass is 370 g/mol. The molecule has 0 bridgehead atoms. The van der Waals surface area contributed by atoms with Crippen LogP contribution in [0, 0.1) is 0 Å². The lowest BCUT2D eigenvalue weighted by Crippen LogP contribution is -2.46. The van der Waals surface area contributed by atoms with Gasteiger partial charge in [0.15, 0.2) is 0 Å². The van der Waals surface area contributed by atoms with Crippen LogP contribution in [0.2, 0.25) is 0 Å². The van der Waals surface area contributed by atoms with Crippen molar-refractivity contribution in [1.82, 2.24) is 10.6 Å². The number of amides is 1. The molecule has 5 nitrogen and oxygen atoms in total. The van der Waals surface area contributed by atoms with E-state index in [9.17, 15) is 9.90 Å². The van der Waals surface area contributed by atoms with E-state index in [0.29, 0.717) is 19.5 Å². The number of hydrogen-bond donors (Lipinski definition) is 3. The van der Waals surface area contributed by atoms with E-state index in [0.717, 1.165) is 11.1 Å². The molecule has 146 valence electrons. The van der Waals surface area contributed by atoms with Gasteiger partial charge in [-0.05, 0) is 31.9 Å². The van der Waals surface area contributed by atoms with Crippen LogP contribution in [0.25, 0.3) is 0 Å². The van der Waals surface area contributed by atoms with Gasteiger partial charge in [-0.3, -0.25) is 0 Å². The Morgan fingerprint density at radius 2 is 1.56 bits per heavy atom. The minimum Gasteiger partial charge on any atom is -0.443 e. The normalized spacial score (nSPS) is 13.6. The smallest absolute Gasteiger partial charge is 0.407 e. The zero-order valence-electron chi connectivity index (χ0n) is 16.3. The molecule has 2 aromatic rings. The fourth-order valence-electron chi connectivity index (χ4n) is 2.67. The number of rotatable bonds is 8. The molecule has 0 aromatic heterocycles. The zero-order chi connectivity index (χ0) is 19.7. The third-order valence-electron chi connectivity index (χ3n) is 3.97. The number of nitrogens with one attached hydrogen (secondary N) is 2. The van der Waals surface area contributed by atoms with E-state index < -0.39 is 23.8 Å². The first-order valence-corrected chi connectivity index (χ1v) is 9.29. The van der Waals surface area contributed by atoms with E-state index in [1.165, 1.54) is 0 Å². The van der Waals surface area contributed by atoms with Crippen LogP contribution in [0.4, 0.5) is 4.79 Å². The second-order valence-electron chi connectivity index (χ2n) is 7.69. The van der Waals surface area contributed by atoms with Crippen LogP contribution in [-0.2, 0) is 17.7 Å². The summed E-state index contributed by atoms with van der Waals surface area (Å²) in [6.07, 6.45) is -1.53. The molecule has 0 saturated carbocycles. The fourth-order valence-corrected chi connectivity index (χ4v) is 2.67. The van der Waals surface area contributed by atoms with Crippen LogP contribution in [0.1, 0.15) is 31.9 Å². The third kappa shape index (κ3) is 8.24. The molecule has 0 radical (unpaired) electrons. The van der Waals surface area contributed by atoms with Crippen LogP contribution in [0.15, 0.2) is 60.7 Å². The fraction of sp³-hybridized carbons (Fsp3) is 0.409. The van der Waals surface area contributed by atoms with Crippen molar-refractivity contribution in [3.8, 4) is 0 Å². The molecule has 0 heterocycles. The Balaban J connectivity index is 1.95. The van der Waals surface area contributed by atoms with Crippen molar-refractivity contribution >= 4 is 6.09 Å². The predicted molar refractivity (Wildman–Crippen MR) is 107 cm³/mol. The van der Waals surface area contributed by atoms with Crippen molar-refractivity contribution in [1.29, 1.82) is 0 Å². The van der Waals surface area contributed by atoms with Crippen LogP contribution >= 0.6 is 0 Å². The summed E-state index contributed by atoms with van der Waals surface area (Å²) in [5.41, 5.74) is 1.74. The van der Waals surface area contributed by atoms with Crippen LogP contribution in [-0.4, -0.2) is 35.5 Å². The first-order chi connectivity index (χ1) is 12.8. The minimum absolute atomic E-state index is 0.329. The molecule has 27 heavy (non-hydrogen) atoms. The van der Waals surface area contributed by atoms with Gasteiger partial charge in [0.2, 0.25) is 0 Å². The highest BCUT2D eigenvalue weighted by molar-refractivity contribution is 5.68. The Labute approximate surface area is 161 Å². The van der Waals surface area contributed by atoms with E-state index in [1.807, 2.05) is 81.4 Å².